The minimum Gasteiger partial charge on any atom is -0.508 e. The lowest BCUT2D eigenvalue weighted by molar-refractivity contribution is -0.322. The number of ether oxygens (including phenoxy) is 7. The van der Waals surface area contributed by atoms with Crippen LogP contribution in [-0.4, -0.2) is 130 Å². The number of hydrogen-bond donors (Lipinski definition) is 5. The van der Waals surface area contributed by atoms with E-state index in [4.69, 9.17) is 33.2 Å². The molecule has 7 rings (SSSR count). The van der Waals surface area contributed by atoms with Crippen LogP contribution in [0.2, 0.25) is 0 Å². The van der Waals surface area contributed by atoms with Crippen molar-refractivity contribution in [1.82, 2.24) is 0 Å². The van der Waals surface area contributed by atoms with Crippen LogP contribution in [0.4, 0.5) is 0 Å². The Kier molecular flexibility index (Phi) is 11.1. The summed E-state index contributed by atoms with van der Waals surface area (Å²) < 4.78 is 42.8. The van der Waals surface area contributed by atoms with E-state index in [0.29, 0.717) is 32.1 Å². The third-order valence-corrected chi connectivity index (χ3v) is 15.0. The van der Waals surface area contributed by atoms with Crippen molar-refractivity contribution < 1.29 is 68.3 Å². The van der Waals surface area contributed by atoms with Crippen molar-refractivity contribution in [2.45, 2.75) is 171 Å². The summed E-state index contributed by atoms with van der Waals surface area (Å²) in [4.78, 5) is 26.8. The van der Waals surface area contributed by atoms with E-state index < -0.39 is 94.5 Å². The van der Waals surface area contributed by atoms with Crippen molar-refractivity contribution >= 4 is 11.8 Å². The molecule has 2 heterocycles. The molecule has 5 N–H and O–H groups in total. The number of aliphatic hydroxyl groups excluding tert-OH is 1. The van der Waals surface area contributed by atoms with Crippen LogP contribution < -0.4 is 0 Å². The van der Waals surface area contributed by atoms with Gasteiger partial charge in [0.15, 0.2) is 18.4 Å². The minimum absolute atomic E-state index is 0.0228. The van der Waals surface area contributed by atoms with E-state index in [0.717, 1.165) is 5.57 Å². The van der Waals surface area contributed by atoms with Crippen LogP contribution in [0.3, 0.4) is 0 Å². The molecule has 56 heavy (non-hydrogen) atoms. The number of fused-ring (bicyclic) bond motifs is 5. The Hall–Kier alpha value is -2.50. The van der Waals surface area contributed by atoms with Crippen LogP contribution in [0.1, 0.15) is 103 Å². The van der Waals surface area contributed by atoms with Gasteiger partial charge >= 0.3 is 5.97 Å². The lowest BCUT2D eigenvalue weighted by Gasteiger charge is -2.67. The molecular weight excluding hydrogens is 728 g/mol. The third-order valence-electron chi connectivity index (χ3n) is 15.0. The Morgan fingerprint density at radius 2 is 1.50 bits per heavy atom. The number of carbonyl (C=O) groups excluding carboxylic acids is 2. The van der Waals surface area contributed by atoms with E-state index in [-0.39, 0.29) is 49.2 Å². The average Bonchev–Trinajstić information content (AvgIpc) is 3.39. The molecule has 5 fully saturated rings. The van der Waals surface area contributed by atoms with Crippen LogP contribution >= 0.6 is 0 Å². The van der Waals surface area contributed by atoms with Gasteiger partial charge in [-0.2, -0.15) is 0 Å². The number of Topliss-reactive ketones (excluding diaryl/α,β-unsaturated/α-hetero) is 1. The first-order valence-corrected chi connectivity index (χ1v) is 20.1. The molecule has 0 aromatic heterocycles. The normalized spacial score (nSPS) is 47.6. The molecule has 0 bridgehead atoms. The second-order valence-electron chi connectivity index (χ2n) is 17.6. The van der Waals surface area contributed by atoms with E-state index in [1.807, 2.05) is 13.0 Å². The molecule has 1 aromatic rings. The molecule has 14 heteroatoms. The molecule has 4 aliphatic carbocycles. The third kappa shape index (κ3) is 6.38. The maximum Gasteiger partial charge on any atom is 0.338 e. The average molecular weight is 789 g/mol. The summed E-state index contributed by atoms with van der Waals surface area (Å²) >= 11 is 0. The topological polar surface area (TPSA) is 200 Å². The maximum absolute atomic E-state index is 13.6. The molecule has 0 unspecified atom stereocenters. The van der Waals surface area contributed by atoms with Crippen LogP contribution in [0, 0.1) is 16.7 Å². The number of phenols is 1. The van der Waals surface area contributed by atoms with Gasteiger partial charge < -0.3 is 58.7 Å². The first-order valence-electron chi connectivity index (χ1n) is 20.1. The number of esters is 1. The van der Waals surface area contributed by atoms with Crippen LogP contribution in [0.25, 0.3) is 0 Å². The fourth-order valence-electron chi connectivity index (χ4n) is 11.5. The fraction of sp³-hybridized carbons (Fsp3) is 0.762. The molecule has 3 saturated carbocycles. The molecule has 2 saturated heterocycles. The fourth-order valence-corrected chi connectivity index (χ4v) is 11.5. The van der Waals surface area contributed by atoms with Gasteiger partial charge in [0.05, 0.1) is 41.5 Å². The number of rotatable bonds is 9. The highest BCUT2D eigenvalue weighted by Crippen LogP contribution is 2.71. The first-order chi connectivity index (χ1) is 26.3. The maximum atomic E-state index is 13.6. The van der Waals surface area contributed by atoms with Gasteiger partial charge in [0.25, 0.3) is 0 Å². The van der Waals surface area contributed by atoms with Gasteiger partial charge in [-0.25, -0.2) is 4.79 Å². The van der Waals surface area contributed by atoms with E-state index in [1.165, 1.54) is 31.2 Å². The summed E-state index contributed by atoms with van der Waals surface area (Å²) in [5.74, 6) is -1.90. The molecule has 0 spiro atoms. The highest BCUT2D eigenvalue weighted by molar-refractivity contribution is 5.90. The zero-order chi connectivity index (χ0) is 40.6. The molecule has 312 valence electrons. The predicted molar refractivity (Wildman–Crippen MR) is 198 cm³/mol. The standard InChI is InChI=1S/C42H60O14/c1-22-35(45)29(50-6)19-34(52-22)56-36-23(2)53-33(20-30(36)51-7)54-28-13-14-38(4)26(18-28)12-15-41(48)31(38)21-32(55-37(46)25-8-10-27(44)11-9-25)39(5)40(47,24(3)43)16-17-42(39,41)49/h8-12,22-23,28-36,44-45,47-49H,13-21H2,1-7H3/t22-,23-,28+,29-,30+,31-,32-,33-,34+,35-,36-,38+,39-,40-,41+,42-/m1/s1. The van der Waals surface area contributed by atoms with Gasteiger partial charge in [0, 0.05) is 33.0 Å². The predicted octanol–water partition coefficient (Wildman–Crippen LogP) is 3.47. The lowest BCUT2D eigenvalue weighted by Crippen LogP contribution is -2.78. The Balaban J connectivity index is 1.09. The van der Waals surface area contributed by atoms with Crippen LogP contribution in [0.5, 0.6) is 5.75 Å². The summed E-state index contributed by atoms with van der Waals surface area (Å²) in [6.45, 7) is 8.59. The molecule has 14 nitrogen and oxygen atoms in total. The highest BCUT2D eigenvalue weighted by atomic mass is 16.7. The molecular formula is C42H60O14. The van der Waals surface area contributed by atoms with Crippen LogP contribution in [0.15, 0.2) is 35.9 Å². The zero-order valence-electron chi connectivity index (χ0n) is 33.5. The van der Waals surface area contributed by atoms with Crippen molar-refractivity contribution in [3.63, 3.8) is 0 Å². The molecule has 2 aliphatic heterocycles. The number of methoxy groups -OCH3 is 2. The van der Waals surface area contributed by atoms with E-state index in [9.17, 15) is 35.1 Å². The molecule has 0 radical (unpaired) electrons. The molecule has 1 aromatic carbocycles. The number of benzene rings is 1. The summed E-state index contributed by atoms with van der Waals surface area (Å²) in [5.41, 5.74) is -6.91. The van der Waals surface area contributed by atoms with Crippen molar-refractivity contribution in [1.29, 1.82) is 0 Å². The van der Waals surface area contributed by atoms with Gasteiger partial charge in [-0.1, -0.05) is 18.6 Å². The Bertz CT molecular complexity index is 1670. The molecule has 16 atom stereocenters. The summed E-state index contributed by atoms with van der Waals surface area (Å²) in [6, 6.07) is 5.59. The van der Waals surface area contributed by atoms with Crippen molar-refractivity contribution in [2.24, 2.45) is 16.7 Å². The number of aliphatic hydroxyl groups is 4. The second-order valence-corrected chi connectivity index (χ2v) is 17.6. The van der Waals surface area contributed by atoms with E-state index in [1.54, 1.807) is 28.1 Å². The second kappa shape index (κ2) is 15.0. The van der Waals surface area contributed by atoms with Crippen molar-refractivity contribution in [3.8, 4) is 5.75 Å². The Morgan fingerprint density at radius 3 is 2.16 bits per heavy atom. The van der Waals surface area contributed by atoms with Gasteiger partial charge in [0.2, 0.25) is 0 Å². The first kappa shape index (κ1) is 41.7. The Morgan fingerprint density at radius 1 is 0.857 bits per heavy atom. The summed E-state index contributed by atoms with van der Waals surface area (Å²) in [6.07, 6.45) is -0.836. The quantitative estimate of drug-likeness (QED) is 0.180. The number of hydrogen-bond acceptors (Lipinski definition) is 14. The minimum atomic E-state index is -2.06. The van der Waals surface area contributed by atoms with Crippen LogP contribution in [-0.2, 0) is 38.0 Å². The van der Waals surface area contributed by atoms with Gasteiger partial charge in [-0.15, -0.1) is 0 Å². The number of carbonyl (C=O) groups is 2. The number of aromatic hydroxyl groups is 1. The number of phenolic OH excluding ortho intramolecular Hbond substituents is 1. The molecule has 0 amide bonds. The monoisotopic (exact) mass is 788 g/mol. The van der Waals surface area contributed by atoms with Gasteiger partial charge in [-0.05, 0) is 102 Å². The smallest absolute Gasteiger partial charge is 0.338 e. The van der Waals surface area contributed by atoms with E-state index in [2.05, 4.69) is 6.92 Å². The van der Waals surface area contributed by atoms with Crippen molar-refractivity contribution in [2.75, 3.05) is 14.2 Å². The largest absolute Gasteiger partial charge is 0.508 e. The Labute approximate surface area is 328 Å². The summed E-state index contributed by atoms with van der Waals surface area (Å²) in [5, 5.41) is 57.9. The number of ketones is 1. The van der Waals surface area contributed by atoms with E-state index >= 15 is 0 Å². The van der Waals surface area contributed by atoms with Gasteiger partial charge in [-0.3, -0.25) is 4.79 Å². The summed E-state index contributed by atoms with van der Waals surface area (Å²) in [7, 11) is 3.18. The highest BCUT2D eigenvalue weighted by Gasteiger charge is 2.81. The lowest BCUT2D eigenvalue weighted by atomic mass is 9.42. The molecule has 6 aliphatic rings. The van der Waals surface area contributed by atoms with Gasteiger partial charge in [0.1, 0.15) is 40.9 Å². The zero-order valence-corrected chi connectivity index (χ0v) is 33.5. The van der Waals surface area contributed by atoms with Crippen molar-refractivity contribution in [3.05, 3.63) is 41.5 Å². The SMILES string of the molecule is CO[C@H]1C[C@@H](O[C@H]2CC[C@@]3(C)C(=CC[C@]4(O)[C@@H]3C[C@@H](OC(=O)c3ccc(O)cc3)[C@@]3(C)[C@]4(O)CC[C@@]3(O)C(C)=O)C2)O[C@H](C)[C@H]1O[C@H]1C[C@@H](OC)[C@H](O)[C@@H](C)O1.